The van der Waals surface area contributed by atoms with Gasteiger partial charge >= 0.3 is 18.0 Å². The average molecular weight is 450 g/mol. The van der Waals surface area contributed by atoms with Crippen LogP contribution in [0.15, 0.2) is 85.2 Å². The molecule has 0 aromatic heterocycles. The number of rotatable bonds is 6. The van der Waals surface area contributed by atoms with E-state index in [4.69, 9.17) is 14.2 Å². The second kappa shape index (κ2) is 9.68. The molecule has 2 aromatic carbocycles. The molecule has 0 radical (unpaired) electrons. The lowest BCUT2D eigenvalue weighted by Crippen LogP contribution is -2.50. The Labute approximate surface area is 189 Å². The van der Waals surface area contributed by atoms with E-state index in [1.165, 1.54) is 12.3 Å². The highest BCUT2D eigenvalue weighted by atomic mass is 16.6. The van der Waals surface area contributed by atoms with Gasteiger partial charge in [0.2, 0.25) is 0 Å². The molecule has 33 heavy (non-hydrogen) atoms. The molecule has 4 atom stereocenters. The lowest BCUT2D eigenvalue weighted by Gasteiger charge is -2.30. The van der Waals surface area contributed by atoms with Crippen molar-refractivity contribution in [1.29, 1.82) is 0 Å². The number of nitrogens with zero attached hydrogens (tertiary/aromatic N) is 1. The number of amides is 2. The van der Waals surface area contributed by atoms with E-state index in [1.54, 1.807) is 60.7 Å². The number of aliphatic hydroxyl groups excluding tert-OH is 1. The highest BCUT2D eigenvalue weighted by Crippen LogP contribution is 2.29. The first-order chi connectivity index (χ1) is 15.9. The lowest BCUT2D eigenvalue weighted by atomic mass is 10.1. The molecule has 0 aliphatic carbocycles. The van der Waals surface area contributed by atoms with Gasteiger partial charge in [-0.15, -0.1) is 0 Å². The first-order valence-electron chi connectivity index (χ1n) is 10.2. The standard InChI is InChI=1S/C24H22N2O7/c1-15-12-13-26(24(30)25-15)21-19(27)20(33-23(29)17-10-6-3-7-11-17)18(32-21)14-31-22(28)16-8-4-2-5-9-16/h2-13,18-21,27H,1,14H2,(H,25,30)/t18-,19?,20?,21-/m1/s1. The summed E-state index contributed by atoms with van der Waals surface area (Å²) in [5, 5.41) is 13.4. The van der Waals surface area contributed by atoms with E-state index in [0.29, 0.717) is 11.3 Å². The summed E-state index contributed by atoms with van der Waals surface area (Å²) in [7, 11) is 0. The van der Waals surface area contributed by atoms with Gasteiger partial charge < -0.3 is 24.6 Å². The Morgan fingerprint density at radius 2 is 1.64 bits per heavy atom. The maximum absolute atomic E-state index is 12.6. The second-order valence-corrected chi connectivity index (χ2v) is 7.43. The minimum absolute atomic E-state index is 0.278. The van der Waals surface area contributed by atoms with Gasteiger partial charge in [0.05, 0.1) is 11.1 Å². The summed E-state index contributed by atoms with van der Waals surface area (Å²) in [6.45, 7) is 3.34. The van der Waals surface area contributed by atoms with Crippen LogP contribution in [0.4, 0.5) is 4.79 Å². The Kier molecular flexibility index (Phi) is 6.53. The molecule has 170 valence electrons. The normalized spacial score (nSPS) is 24.3. The smallest absolute Gasteiger partial charge is 0.338 e. The summed E-state index contributed by atoms with van der Waals surface area (Å²) in [5.74, 6) is -1.28. The molecule has 2 aliphatic heterocycles. The molecule has 0 bridgehead atoms. The molecule has 0 saturated carbocycles. The number of ether oxygens (including phenoxy) is 3. The summed E-state index contributed by atoms with van der Waals surface area (Å²) < 4.78 is 16.7. The van der Waals surface area contributed by atoms with Crippen molar-refractivity contribution >= 4 is 18.0 Å². The number of allylic oxidation sites excluding steroid dienone is 1. The highest BCUT2D eigenvalue weighted by Gasteiger charge is 2.50. The number of esters is 2. The van der Waals surface area contributed by atoms with Crippen molar-refractivity contribution in [2.75, 3.05) is 6.61 Å². The van der Waals surface area contributed by atoms with Gasteiger partial charge in [-0.05, 0) is 30.3 Å². The molecule has 9 nitrogen and oxygen atoms in total. The Balaban J connectivity index is 1.52. The predicted molar refractivity (Wildman–Crippen MR) is 116 cm³/mol. The fraction of sp³-hybridized carbons (Fsp3) is 0.208. The van der Waals surface area contributed by atoms with Crippen LogP contribution >= 0.6 is 0 Å². The van der Waals surface area contributed by atoms with Crippen LogP contribution in [0.25, 0.3) is 0 Å². The van der Waals surface area contributed by atoms with Crippen molar-refractivity contribution < 1.29 is 33.7 Å². The van der Waals surface area contributed by atoms with E-state index in [2.05, 4.69) is 11.9 Å². The van der Waals surface area contributed by atoms with Gasteiger partial charge in [-0.2, -0.15) is 0 Å². The van der Waals surface area contributed by atoms with Gasteiger partial charge in [-0.3, -0.25) is 4.90 Å². The average Bonchev–Trinajstić information content (AvgIpc) is 3.13. The zero-order chi connectivity index (χ0) is 23.4. The molecule has 2 amide bonds. The fourth-order valence-corrected chi connectivity index (χ4v) is 3.49. The van der Waals surface area contributed by atoms with Gasteiger partial charge in [0, 0.05) is 11.9 Å². The quantitative estimate of drug-likeness (QED) is 0.649. The minimum atomic E-state index is -1.40. The number of urea groups is 1. The van der Waals surface area contributed by atoms with Crippen LogP contribution < -0.4 is 5.32 Å². The molecule has 2 aromatic rings. The number of carbonyl (C=O) groups excluding carboxylic acids is 3. The number of aliphatic hydroxyl groups is 1. The second-order valence-electron chi connectivity index (χ2n) is 7.43. The van der Waals surface area contributed by atoms with Crippen molar-refractivity contribution in [2.45, 2.75) is 24.5 Å². The maximum atomic E-state index is 12.6. The third-order valence-corrected chi connectivity index (χ3v) is 5.16. The molecule has 1 saturated heterocycles. The van der Waals surface area contributed by atoms with Crippen LogP contribution in [0.1, 0.15) is 20.7 Å². The van der Waals surface area contributed by atoms with Crippen LogP contribution in [-0.2, 0) is 14.2 Å². The van der Waals surface area contributed by atoms with Crippen LogP contribution in [0.3, 0.4) is 0 Å². The number of nitrogens with one attached hydrogen (secondary N) is 1. The summed E-state index contributed by atoms with van der Waals surface area (Å²) in [4.78, 5) is 38.5. The van der Waals surface area contributed by atoms with E-state index in [1.807, 2.05) is 0 Å². The summed E-state index contributed by atoms with van der Waals surface area (Å²) >= 11 is 0. The van der Waals surface area contributed by atoms with E-state index in [0.717, 1.165) is 4.90 Å². The van der Waals surface area contributed by atoms with Crippen LogP contribution in [-0.4, -0.2) is 59.1 Å². The first-order valence-corrected chi connectivity index (χ1v) is 10.2. The Bertz CT molecular complexity index is 1070. The SMILES string of the molecule is C=C1C=CN([C@@H]2O[C@H](COC(=O)c3ccccc3)C(OC(=O)c3ccccc3)C2O)C(=O)N1. The Morgan fingerprint density at radius 3 is 2.24 bits per heavy atom. The fourth-order valence-electron chi connectivity index (χ4n) is 3.49. The van der Waals surface area contributed by atoms with Crippen molar-refractivity contribution in [3.05, 3.63) is 96.3 Å². The van der Waals surface area contributed by atoms with Crippen molar-refractivity contribution in [3.8, 4) is 0 Å². The molecule has 0 spiro atoms. The monoisotopic (exact) mass is 450 g/mol. The zero-order valence-corrected chi connectivity index (χ0v) is 17.5. The lowest BCUT2D eigenvalue weighted by molar-refractivity contribution is -0.0695. The Hall–Kier alpha value is -3.95. The van der Waals surface area contributed by atoms with Crippen molar-refractivity contribution in [3.63, 3.8) is 0 Å². The van der Waals surface area contributed by atoms with Gasteiger partial charge in [-0.25, -0.2) is 14.4 Å². The van der Waals surface area contributed by atoms with E-state index < -0.39 is 42.5 Å². The third kappa shape index (κ3) is 4.94. The van der Waals surface area contributed by atoms with E-state index in [-0.39, 0.29) is 12.2 Å². The zero-order valence-electron chi connectivity index (χ0n) is 17.5. The van der Waals surface area contributed by atoms with Gasteiger partial charge in [0.1, 0.15) is 18.8 Å². The topological polar surface area (TPSA) is 114 Å². The number of hydrogen-bond acceptors (Lipinski definition) is 7. The van der Waals surface area contributed by atoms with Gasteiger partial charge in [0.25, 0.3) is 0 Å². The number of benzene rings is 2. The minimum Gasteiger partial charge on any atom is -0.459 e. The predicted octanol–water partition coefficient (Wildman–Crippen LogP) is 2.21. The molecule has 2 N–H and O–H groups in total. The Morgan fingerprint density at radius 1 is 1.03 bits per heavy atom. The molecular weight excluding hydrogens is 428 g/mol. The van der Waals surface area contributed by atoms with Crippen molar-refractivity contribution in [1.82, 2.24) is 10.2 Å². The van der Waals surface area contributed by atoms with Gasteiger partial charge in [0.15, 0.2) is 12.3 Å². The highest BCUT2D eigenvalue weighted by molar-refractivity contribution is 5.90. The number of hydrogen-bond donors (Lipinski definition) is 2. The van der Waals surface area contributed by atoms with E-state index >= 15 is 0 Å². The molecular formula is C24H22N2O7. The summed E-state index contributed by atoms with van der Waals surface area (Å²) in [6, 6.07) is 16.0. The first kappa shape index (κ1) is 22.3. The molecule has 2 heterocycles. The molecule has 1 fully saturated rings. The summed E-state index contributed by atoms with van der Waals surface area (Å²) in [6.07, 6.45) is -1.85. The molecule has 4 rings (SSSR count). The summed E-state index contributed by atoms with van der Waals surface area (Å²) in [5.41, 5.74) is 0.992. The van der Waals surface area contributed by atoms with Crippen LogP contribution in [0, 0.1) is 0 Å². The molecule has 2 aliphatic rings. The molecule has 2 unspecified atom stereocenters. The molecule has 9 heteroatoms. The third-order valence-electron chi connectivity index (χ3n) is 5.16. The number of carbonyl (C=O) groups is 3. The van der Waals surface area contributed by atoms with Crippen LogP contribution in [0.2, 0.25) is 0 Å². The largest absolute Gasteiger partial charge is 0.459 e. The van der Waals surface area contributed by atoms with Crippen LogP contribution in [0.5, 0.6) is 0 Å². The van der Waals surface area contributed by atoms with Crippen molar-refractivity contribution in [2.24, 2.45) is 0 Å². The maximum Gasteiger partial charge on any atom is 0.338 e. The van der Waals surface area contributed by atoms with Gasteiger partial charge in [-0.1, -0.05) is 43.0 Å². The van der Waals surface area contributed by atoms with E-state index in [9.17, 15) is 19.5 Å².